The summed E-state index contributed by atoms with van der Waals surface area (Å²) in [4.78, 5) is 16.8. The Hall–Kier alpha value is -2.85. The molecule has 2 rings (SSSR count). The third-order valence-corrected chi connectivity index (χ3v) is 3.42. The molecule has 0 aliphatic carbocycles. The Kier molecular flexibility index (Phi) is 5.34. The van der Waals surface area contributed by atoms with E-state index in [4.69, 9.17) is 0 Å². The molecule has 0 unspecified atom stereocenters. The number of aromatic nitrogens is 3. The van der Waals surface area contributed by atoms with Crippen LogP contribution in [0.5, 0.6) is 0 Å². The molecule has 11 heteroatoms. The zero-order chi connectivity index (χ0) is 20.6. The number of likely N-dealkylation sites (N-methyl/N-ethyl adjacent to an activating group) is 1. The van der Waals surface area contributed by atoms with Crippen LogP contribution in [0.15, 0.2) is 30.1 Å². The van der Waals surface area contributed by atoms with Crippen molar-refractivity contribution in [2.45, 2.75) is 19.3 Å². The Labute approximate surface area is 149 Å². The van der Waals surface area contributed by atoms with Gasteiger partial charge in [-0.1, -0.05) is 0 Å². The number of carbonyl (C=O) groups is 1. The normalized spacial score (nSPS) is 13.0. The van der Waals surface area contributed by atoms with Gasteiger partial charge in [0.1, 0.15) is 6.33 Å². The third kappa shape index (κ3) is 4.86. The fourth-order valence-electron chi connectivity index (χ4n) is 2.16. The molecule has 0 radical (unpaired) electrons. The smallest absolute Gasteiger partial charge is 0.345 e. The van der Waals surface area contributed by atoms with Gasteiger partial charge in [0.05, 0.1) is 11.1 Å². The molecule has 0 aliphatic heterocycles. The lowest BCUT2D eigenvalue weighted by molar-refractivity contribution is -0.143. The van der Waals surface area contributed by atoms with E-state index in [0.29, 0.717) is 12.1 Å². The summed E-state index contributed by atoms with van der Waals surface area (Å²) in [6.07, 6.45) is -7.59. The van der Waals surface area contributed by atoms with Gasteiger partial charge in [0.15, 0.2) is 5.82 Å². The zero-order valence-corrected chi connectivity index (χ0v) is 14.4. The Morgan fingerprint density at radius 1 is 1.04 bits per heavy atom. The Morgan fingerprint density at radius 3 is 2.00 bits per heavy atom. The largest absolute Gasteiger partial charge is 0.416 e. The lowest BCUT2D eigenvalue weighted by Gasteiger charge is -2.13. The fraction of sp³-hybridized carbons (Fsp3) is 0.312. The van der Waals surface area contributed by atoms with Crippen LogP contribution in [0.3, 0.4) is 0 Å². The highest BCUT2D eigenvalue weighted by Crippen LogP contribution is 2.38. The first-order chi connectivity index (χ1) is 12.3. The highest BCUT2D eigenvalue weighted by atomic mass is 19.4. The van der Waals surface area contributed by atoms with Crippen molar-refractivity contribution in [3.63, 3.8) is 0 Å². The van der Waals surface area contributed by atoms with Crippen LogP contribution in [0, 0.1) is 0 Å². The summed E-state index contributed by atoms with van der Waals surface area (Å²) in [7, 11) is 3.04. The molecule has 1 aromatic heterocycles. The van der Waals surface area contributed by atoms with E-state index in [0.717, 1.165) is 11.0 Å². The van der Waals surface area contributed by atoms with Crippen LogP contribution in [0.25, 0.3) is 17.6 Å². The molecule has 1 aromatic carbocycles. The van der Waals surface area contributed by atoms with Crippen LogP contribution in [-0.4, -0.2) is 39.7 Å². The van der Waals surface area contributed by atoms with Gasteiger partial charge in [-0.15, -0.1) is 5.10 Å². The predicted molar refractivity (Wildman–Crippen MR) is 84.1 cm³/mol. The van der Waals surface area contributed by atoms with Crippen LogP contribution in [0.4, 0.5) is 26.3 Å². The third-order valence-electron chi connectivity index (χ3n) is 3.42. The van der Waals surface area contributed by atoms with E-state index in [2.05, 4.69) is 10.1 Å². The number of halogens is 6. The minimum Gasteiger partial charge on any atom is -0.345 e. The molecule has 0 saturated carbocycles. The van der Waals surface area contributed by atoms with E-state index in [1.54, 1.807) is 0 Å². The van der Waals surface area contributed by atoms with Crippen molar-refractivity contribution < 1.29 is 31.1 Å². The SMILES string of the molecule is C/C(=C\n1cnc(-c2cc(C(F)(F)F)cc(C(F)(F)F)c2)n1)C(=O)N(C)C. The molecule has 27 heavy (non-hydrogen) atoms. The number of rotatable bonds is 3. The molecule has 0 atom stereocenters. The number of nitrogens with zero attached hydrogens (tertiary/aromatic N) is 4. The van der Waals surface area contributed by atoms with E-state index >= 15 is 0 Å². The lowest BCUT2D eigenvalue weighted by atomic mass is 10.0. The van der Waals surface area contributed by atoms with Crippen molar-refractivity contribution in [2.24, 2.45) is 0 Å². The van der Waals surface area contributed by atoms with Gasteiger partial charge in [-0.25, -0.2) is 9.67 Å². The van der Waals surface area contributed by atoms with Gasteiger partial charge in [0, 0.05) is 31.4 Å². The summed E-state index contributed by atoms with van der Waals surface area (Å²) in [5, 5.41) is 3.83. The van der Waals surface area contributed by atoms with E-state index in [1.165, 1.54) is 32.1 Å². The summed E-state index contributed by atoms with van der Waals surface area (Å²) in [6, 6.07) is 1.10. The Bertz CT molecular complexity index is 848. The Morgan fingerprint density at radius 2 is 1.56 bits per heavy atom. The monoisotopic (exact) mass is 392 g/mol. The average Bonchev–Trinajstić information content (AvgIpc) is 3.00. The van der Waals surface area contributed by atoms with Crippen LogP contribution in [-0.2, 0) is 17.1 Å². The highest BCUT2D eigenvalue weighted by Gasteiger charge is 2.37. The number of amides is 1. The minimum absolute atomic E-state index is 0.0281. The first-order valence-electron chi connectivity index (χ1n) is 7.40. The molecule has 0 spiro atoms. The molecule has 0 fully saturated rings. The molecule has 1 amide bonds. The van der Waals surface area contributed by atoms with Crippen LogP contribution in [0.2, 0.25) is 0 Å². The van der Waals surface area contributed by atoms with Crippen LogP contribution in [0.1, 0.15) is 18.1 Å². The van der Waals surface area contributed by atoms with Gasteiger partial charge in [0.2, 0.25) is 0 Å². The maximum atomic E-state index is 12.9. The van der Waals surface area contributed by atoms with E-state index in [-0.39, 0.29) is 23.4 Å². The first kappa shape index (κ1) is 20.5. The molecule has 146 valence electrons. The van der Waals surface area contributed by atoms with Crippen molar-refractivity contribution in [3.05, 3.63) is 41.2 Å². The summed E-state index contributed by atoms with van der Waals surface area (Å²) in [5.74, 6) is -0.682. The quantitative estimate of drug-likeness (QED) is 0.588. The van der Waals surface area contributed by atoms with Crippen molar-refractivity contribution >= 4 is 12.1 Å². The van der Waals surface area contributed by atoms with Crippen molar-refractivity contribution in [1.82, 2.24) is 19.7 Å². The second kappa shape index (κ2) is 7.05. The number of benzene rings is 1. The summed E-state index contributed by atoms with van der Waals surface area (Å²) < 4.78 is 78.6. The number of hydrogen-bond acceptors (Lipinski definition) is 3. The molecule has 0 saturated heterocycles. The van der Waals surface area contributed by atoms with Gasteiger partial charge >= 0.3 is 12.4 Å². The van der Waals surface area contributed by atoms with Gasteiger partial charge < -0.3 is 4.90 Å². The average molecular weight is 392 g/mol. The lowest BCUT2D eigenvalue weighted by Crippen LogP contribution is -2.22. The minimum atomic E-state index is -4.97. The molecule has 0 aliphatic rings. The topological polar surface area (TPSA) is 51.0 Å². The maximum Gasteiger partial charge on any atom is 0.416 e. The van der Waals surface area contributed by atoms with Crippen LogP contribution < -0.4 is 0 Å². The summed E-state index contributed by atoms with van der Waals surface area (Å²) in [6.45, 7) is 1.48. The Balaban J connectivity index is 2.49. The predicted octanol–water partition coefficient (Wildman–Crippen LogP) is 3.93. The van der Waals surface area contributed by atoms with E-state index in [1.807, 2.05) is 0 Å². The molecule has 0 bridgehead atoms. The second-order valence-corrected chi connectivity index (χ2v) is 5.85. The van der Waals surface area contributed by atoms with Gasteiger partial charge in [0.25, 0.3) is 5.91 Å². The second-order valence-electron chi connectivity index (χ2n) is 5.85. The molecular weight excluding hydrogens is 378 g/mol. The highest BCUT2D eigenvalue weighted by molar-refractivity contribution is 5.95. The fourth-order valence-corrected chi connectivity index (χ4v) is 2.16. The van der Waals surface area contributed by atoms with Gasteiger partial charge in [-0.3, -0.25) is 4.79 Å². The van der Waals surface area contributed by atoms with Gasteiger partial charge in [-0.05, 0) is 25.1 Å². The molecule has 1 heterocycles. The number of alkyl halides is 6. The number of hydrogen-bond donors (Lipinski definition) is 0. The molecule has 0 N–H and O–H groups in total. The summed E-state index contributed by atoms with van der Waals surface area (Å²) >= 11 is 0. The van der Waals surface area contributed by atoms with Gasteiger partial charge in [-0.2, -0.15) is 26.3 Å². The summed E-state index contributed by atoms with van der Waals surface area (Å²) in [5.41, 5.74) is -3.12. The van der Waals surface area contributed by atoms with Crippen molar-refractivity contribution in [2.75, 3.05) is 14.1 Å². The van der Waals surface area contributed by atoms with Crippen molar-refractivity contribution in [3.8, 4) is 11.4 Å². The molecule has 2 aromatic rings. The standard InChI is InChI=1S/C16H14F6N4O/c1-9(14(27)25(2)3)7-26-8-23-13(24-26)10-4-11(15(17,18)19)6-12(5-10)16(20,21)22/h4-8H,1-3H3/b9-7+. The van der Waals surface area contributed by atoms with E-state index < -0.39 is 29.0 Å². The molecule has 5 nitrogen and oxygen atoms in total. The van der Waals surface area contributed by atoms with Crippen LogP contribution >= 0.6 is 0 Å². The van der Waals surface area contributed by atoms with E-state index in [9.17, 15) is 31.1 Å². The zero-order valence-electron chi connectivity index (χ0n) is 14.4. The van der Waals surface area contributed by atoms with Crippen molar-refractivity contribution in [1.29, 1.82) is 0 Å². The number of carbonyl (C=O) groups excluding carboxylic acids is 1. The molecular formula is C16H14F6N4O. The maximum absolute atomic E-state index is 12.9. The first-order valence-corrected chi connectivity index (χ1v) is 7.40.